The number of carbonyl (C=O) groups excluding carboxylic acids is 1. The zero-order valence-corrected chi connectivity index (χ0v) is 17.1. The monoisotopic (exact) mass is 449 g/mol. The fourth-order valence-corrected chi connectivity index (χ4v) is 4.10. The number of hydrogen-bond acceptors (Lipinski definition) is 6. The standard InChI is InChI=1S/C20H18F3N5O2S/c21-20(22,23)30-15-8-6-14(7-9-15)13-31-19-26-25-17(12-27-11-3-5-18(27)29)28(19)16-4-1-2-10-24-16/h1-2,4,6-10H,3,5,11-13H2. The van der Waals surface area contributed by atoms with E-state index in [0.29, 0.717) is 42.1 Å². The fourth-order valence-electron chi connectivity index (χ4n) is 3.19. The molecule has 7 nitrogen and oxygen atoms in total. The Kier molecular flexibility index (Phi) is 6.12. The van der Waals surface area contributed by atoms with Crippen molar-refractivity contribution in [2.75, 3.05) is 6.54 Å². The van der Waals surface area contributed by atoms with Crippen LogP contribution in [0, 0.1) is 0 Å². The number of thioether (sulfide) groups is 1. The molecule has 0 bridgehead atoms. The van der Waals surface area contributed by atoms with E-state index in [0.717, 1.165) is 12.0 Å². The van der Waals surface area contributed by atoms with Gasteiger partial charge >= 0.3 is 6.36 Å². The van der Waals surface area contributed by atoms with Gasteiger partial charge in [-0.2, -0.15) is 0 Å². The van der Waals surface area contributed by atoms with Gasteiger partial charge < -0.3 is 9.64 Å². The number of halogens is 3. The summed E-state index contributed by atoms with van der Waals surface area (Å²) >= 11 is 1.38. The minimum Gasteiger partial charge on any atom is -0.406 e. The molecule has 4 rings (SSSR count). The van der Waals surface area contributed by atoms with E-state index in [2.05, 4.69) is 19.9 Å². The second kappa shape index (κ2) is 8.96. The molecular weight excluding hydrogens is 431 g/mol. The van der Waals surface area contributed by atoms with Crippen LogP contribution in [0.4, 0.5) is 13.2 Å². The Bertz CT molecular complexity index is 1040. The van der Waals surface area contributed by atoms with Crippen LogP contribution < -0.4 is 4.74 Å². The van der Waals surface area contributed by atoms with Gasteiger partial charge in [0.15, 0.2) is 11.0 Å². The van der Waals surface area contributed by atoms with Crippen LogP contribution in [0.2, 0.25) is 0 Å². The third-order valence-corrected chi connectivity index (χ3v) is 5.61. The first-order chi connectivity index (χ1) is 14.9. The molecule has 0 atom stereocenters. The zero-order valence-electron chi connectivity index (χ0n) is 16.2. The van der Waals surface area contributed by atoms with Crippen molar-refractivity contribution in [3.8, 4) is 11.6 Å². The van der Waals surface area contributed by atoms with Crippen LogP contribution in [-0.2, 0) is 17.1 Å². The summed E-state index contributed by atoms with van der Waals surface area (Å²) in [5.41, 5.74) is 0.798. The molecule has 162 valence electrons. The minimum atomic E-state index is -4.72. The van der Waals surface area contributed by atoms with Gasteiger partial charge in [-0.05, 0) is 36.2 Å². The maximum absolute atomic E-state index is 12.3. The number of ether oxygens (including phenoxy) is 1. The van der Waals surface area contributed by atoms with Gasteiger partial charge in [0.1, 0.15) is 11.6 Å². The number of nitrogens with zero attached hydrogens (tertiary/aromatic N) is 5. The lowest BCUT2D eigenvalue weighted by atomic mass is 10.2. The summed E-state index contributed by atoms with van der Waals surface area (Å²) in [6.45, 7) is 1.02. The third-order valence-electron chi connectivity index (χ3n) is 4.61. The fraction of sp³-hybridized carbons (Fsp3) is 0.300. The van der Waals surface area contributed by atoms with Gasteiger partial charge in [0.05, 0.1) is 6.54 Å². The molecule has 1 amide bonds. The average molecular weight is 449 g/mol. The lowest BCUT2D eigenvalue weighted by Gasteiger charge is -2.16. The SMILES string of the molecule is O=C1CCCN1Cc1nnc(SCc2ccc(OC(F)(F)F)cc2)n1-c1ccccn1. The van der Waals surface area contributed by atoms with Gasteiger partial charge in [-0.25, -0.2) is 4.98 Å². The predicted molar refractivity (Wildman–Crippen MR) is 106 cm³/mol. The molecule has 31 heavy (non-hydrogen) atoms. The Labute approximate surface area is 180 Å². The number of rotatable bonds is 7. The number of alkyl halides is 3. The summed E-state index contributed by atoms with van der Waals surface area (Å²) in [6.07, 6.45) is -1.70. The van der Waals surface area contributed by atoms with Crippen LogP contribution >= 0.6 is 11.8 Å². The van der Waals surface area contributed by atoms with Gasteiger partial charge in [0.2, 0.25) is 5.91 Å². The molecule has 3 aromatic rings. The van der Waals surface area contributed by atoms with E-state index in [1.807, 2.05) is 12.1 Å². The Balaban J connectivity index is 1.52. The van der Waals surface area contributed by atoms with Crippen LogP contribution in [0.5, 0.6) is 5.75 Å². The van der Waals surface area contributed by atoms with Crippen molar-refractivity contribution >= 4 is 17.7 Å². The molecule has 0 aliphatic carbocycles. The highest BCUT2D eigenvalue weighted by molar-refractivity contribution is 7.98. The highest BCUT2D eigenvalue weighted by atomic mass is 32.2. The van der Waals surface area contributed by atoms with Crippen LogP contribution in [0.3, 0.4) is 0 Å². The topological polar surface area (TPSA) is 73.1 Å². The lowest BCUT2D eigenvalue weighted by Crippen LogP contribution is -2.25. The van der Waals surface area contributed by atoms with Gasteiger partial charge in [0.25, 0.3) is 0 Å². The molecule has 1 aromatic carbocycles. The minimum absolute atomic E-state index is 0.0888. The molecule has 1 aliphatic heterocycles. The summed E-state index contributed by atoms with van der Waals surface area (Å²) in [4.78, 5) is 18.2. The van der Waals surface area contributed by atoms with Crippen molar-refractivity contribution < 1.29 is 22.7 Å². The molecule has 0 radical (unpaired) electrons. The predicted octanol–water partition coefficient (Wildman–Crippen LogP) is 3.98. The number of pyridine rings is 1. The van der Waals surface area contributed by atoms with Gasteiger partial charge in [0, 0.05) is 24.9 Å². The zero-order chi connectivity index (χ0) is 21.8. The average Bonchev–Trinajstić information content (AvgIpc) is 3.33. The number of amides is 1. The van der Waals surface area contributed by atoms with Gasteiger partial charge in [-0.3, -0.25) is 9.36 Å². The first kappa shape index (κ1) is 21.2. The molecule has 11 heteroatoms. The van der Waals surface area contributed by atoms with Crippen molar-refractivity contribution in [2.24, 2.45) is 0 Å². The molecule has 1 fully saturated rings. The van der Waals surface area contributed by atoms with E-state index < -0.39 is 6.36 Å². The smallest absolute Gasteiger partial charge is 0.406 e. The molecule has 0 spiro atoms. The molecule has 1 saturated heterocycles. The Hall–Kier alpha value is -3.08. The normalized spacial score (nSPS) is 14.3. The molecule has 2 aromatic heterocycles. The molecular formula is C20H18F3N5O2S. The first-order valence-corrected chi connectivity index (χ1v) is 10.5. The molecule has 0 saturated carbocycles. The Morgan fingerprint density at radius 3 is 2.55 bits per heavy atom. The highest BCUT2D eigenvalue weighted by Crippen LogP contribution is 2.28. The van der Waals surface area contributed by atoms with E-state index in [-0.39, 0.29) is 11.7 Å². The molecule has 0 N–H and O–H groups in total. The summed E-state index contributed by atoms with van der Waals surface area (Å²) in [6, 6.07) is 11.2. The lowest BCUT2D eigenvalue weighted by molar-refractivity contribution is -0.274. The van der Waals surface area contributed by atoms with Crippen LogP contribution in [-0.4, -0.2) is 43.5 Å². The largest absolute Gasteiger partial charge is 0.573 e. The van der Waals surface area contributed by atoms with E-state index in [1.54, 1.807) is 33.9 Å². The Morgan fingerprint density at radius 2 is 1.90 bits per heavy atom. The first-order valence-electron chi connectivity index (χ1n) is 9.50. The van der Waals surface area contributed by atoms with Crippen LogP contribution in [0.1, 0.15) is 24.2 Å². The quantitative estimate of drug-likeness (QED) is 0.508. The third kappa shape index (κ3) is 5.35. The maximum atomic E-state index is 12.3. The van der Waals surface area contributed by atoms with Gasteiger partial charge in [-0.15, -0.1) is 23.4 Å². The second-order valence-corrected chi connectivity index (χ2v) is 7.76. The second-order valence-electron chi connectivity index (χ2n) is 6.82. The summed E-state index contributed by atoms with van der Waals surface area (Å²) in [5.74, 6) is 1.51. The van der Waals surface area contributed by atoms with E-state index in [1.165, 1.54) is 23.9 Å². The van der Waals surface area contributed by atoms with Gasteiger partial charge in [-0.1, -0.05) is 30.0 Å². The van der Waals surface area contributed by atoms with Crippen LogP contribution in [0.15, 0.2) is 53.8 Å². The number of hydrogen-bond donors (Lipinski definition) is 0. The van der Waals surface area contributed by atoms with Crippen molar-refractivity contribution in [3.63, 3.8) is 0 Å². The summed E-state index contributed by atoms with van der Waals surface area (Å²) < 4.78 is 42.6. The highest BCUT2D eigenvalue weighted by Gasteiger charge is 2.31. The van der Waals surface area contributed by atoms with Crippen molar-refractivity contribution in [3.05, 3.63) is 60.0 Å². The van der Waals surface area contributed by atoms with E-state index in [4.69, 9.17) is 0 Å². The van der Waals surface area contributed by atoms with E-state index >= 15 is 0 Å². The number of benzene rings is 1. The Morgan fingerprint density at radius 1 is 1.10 bits per heavy atom. The van der Waals surface area contributed by atoms with Crippen LogP contribution in [0.25, 0.3) is 5.82 Å². The van der Waals surface area contributed by atoms with Crippen molar-refractivity contribution in [1.29, 1.82) is 0 Å². The summed E-state index contributed by atoms with van der Waals surface area (Å²) in [5, 5.41) is 9.12. The van der Waals surface area contributed by atoms with Crippen molar-refractivity contribution in [2.45, 2.75) is 36.7 Å². The molecule has 3 heterocycles. The van der Waals surface area contributed by atoms with Crippen molar-refractivity contribution in [1.82, 2.24) is 24.6 Å². The number of aromatic nitrogens is 4. The summed E-state index contributed by atoms with van der Waals surface area (Å²) in [7, 11) is 0. The number of carbonyl (C=O) groups is 1. The number of likely N-dealkylation sites (tertiary alicyclic amines) is 1. The van der Waals surface area contributed by atoms with E-state index in [9.17, 15) is 18.0 Å². The molecule has 1 aliphatic rings. The maximum Gasteiger partial charge on any atom is 0.573 e. The molecule has 0 unspecified atom stereocenters.